The fourth-order valence-electron chi connectivity index (χ4n) is 4.20. The number of pyridine rings is 1. The van der Waals surface area contributed by atoms with Gasteiger partial charge in [0.2, 0.25) is 0 Å². The van der Waals surface area contributed by atoms with E-state index in [9.17, 15) is 14.4 Å². The molecule has 1 saturated heterocycles. The number of H-pyrrole nitrogens is 1. The molecule has 7 heteroatoms. The lowest BCUT2D eigenvalue weighted by atomic mass is 10.0. The predicted octanol–water partition coefficient (Wildman–Crippen LogP) is 3.72. The van der Waals surface area contributed by atoms with E-state index in [0.29, 0.717) is 42.6 Å². The zero-order valence-corrected chi connectivity index (χ0v) is 17.6. The van der Waals surface area contributed by atoms with Gasteiger partial charge in [-0.1, -0.05) is 24.3 Å². The summed E-state index contributed by atoms with van der Waals surface area (Å²) in [7, 11) is 1.76. The fraction of sp³-hybridized carbons (Fsp3) is 0.292. The Morgan fingerprint density at radius 2 is 1.74 bits per heavy atom. The van der Waals surface area contributed by atoms with E-state index in [0.717, 1.165) is 16.5 Å². The third-order valence-electron chi connectivity index (χ3n) is 6.15. The van der Waals surface area contributed by atoms with Crippen LogP contribution in [0, 0.1) is 6.92 Å². The van der Waals surface area contributed by atoms with Crippen molar-refractivity contribution in [3.63, 3.8) is 0 Å². The highest BCUT2D eigenvalue weighted by Crippen LogP contribution is 2.24. The minimum absolute atomic E-state index is 0.0163. The molecule has 0 atom stereocenters. The number of nitrogens with one attached hydrogen (secondary N) is 1. The van der Waals surface area contributed by atoms with Crippen LogP contribution in [-0.2, 0) is 0 Å². The minimum Gasteiger partial charge on any atom is -0.465 e. The Morgan fingerprint density at radius 1 is 1.06 bits per heavy atom. The van der Waals surface area contributed by atoms with Crippen LogP contribution >= 0.6 is 0 Å². The second-order valence-corrected chi connectivity index (χ2v) is 8.04. The van der Waals surface area contributed by atoms with Crippen LogP contribution in [0.2, 0.25) is 0 Å². The first-order chi connectivity index (χ1) is 14.8. The number of nitrogens with zero attached hydrogens (tertiary/aromatic N) is 2. The van der Waals surface area contributed by atoms with Crippen molar-refractivity contribution >= 4 is 22.8 Å². The van der Waals surface area contributed by atoms with Crippen molar-refractivity contribution in [2.45, 2.75) is 25.8 Å². The number of amides is 2. The number of piperidine rings is 1. The number of hydrogen-bond donors (Lipinski definition) is 2. The largest absolute Gasteiger partial charge is 0.465 e. The molecule has 0 spiro atoms. The van der Waals surface area contributed by atoms with Gasteiger partial charge in [-0.2, -0.15) is 0 Å². The average molecular weight is 419 g/mol. The van der Waals surface area contributed by atoms with E-state index >= 15 is 0 Å². The highest BCUT2D eigenvalue weighted by molar-refractivity contribution is 5.95. The first kappa shape index (κ1) is 20.7. The summed E-state index contributed by atoms with van der Waals surface area (Å²) in [6.45, 7) is 2.85. The Balaban J connectivity index is 1.53. The number of aromatic nitrogens is 1. The van der Waals surface area contributed by atoms with Gasteiger partial charge in [0.15, 0.2) is 0 Å². The van der Waals surface area contributed by atoms with E-state index in [-0.39, 0.29) is 17.5 Å². The van der Waals surface area contributed by atoms with Crippen LogP contribution in [-0.4, -0.2) is 58.1 Å². The molecular formula is C24H25N3O4. The van der Waals surface area contributed by atoms with Gasteiger partial charge in [-0.15, -0.1) is 0 Å². The van der Waals surface area contributed by atoms with Crippen LogP contribution in [0.15, 0.2) is 53.3 Å². The van der Waals surface area contributed by atoms with Crippen molar-refractivity contribution in [3.8, 4) is 11.3 Å². The summed E-state index contributed by atoms with van der Waals surface area (Å²) in [5.74, 6) is -0.0943. The number of rotatable bonds is 3. The third kappa shape index (κ3) is 4.03. The second kappa shape index (κ2) is 8.26. The molecule has 2 aromatic carbocycles. The van der Waals surface area contributed by atoms with Crippen LogP contribution in [0.3, 0.4) is 0 Å². The lowest BCUT2D eigenvalue weighted by Crippen LogP contribution is -2.46. The first-order valence-electron chi connectivity index (χ1n) is 10.3. The normalized spacial score (nSPS) is 14.6. The molecule has 0 saturated carbocycles. The smallest absolute Gasteiger partial charge is 0.407 e. The topological polar surface area (TPSA) is 93.7 Å². The number of fused-ring (bicyclic) bond motifs is 1. The number of carboxylic acid groups (broad SMARTS) is 1. The molecule has 3 aromatic rings. The number of benzene rings is 2. The summed E-state index contributed by atoms with van der Waals surface area (Å²) in [4.78, 5) is 42.5. The molecular weight excluding hydrogens is 394 g/mol. The van der Waals surface area contributed by atoms with Crippen molar-refractivity contribution < 1.29 is 14.7 Å². The third-order valence-corrected chi connectivity index (χ3v) is 6.15. The summed E-state index contributed by atoms with van der Waals surface area (Å²) in [5, 5.41) is 10.7. The van der Waals surface area contributed by atoms with Crippen molar-refractivity contribution in [2.75, 3.05) is 20.1 Å². The van der Waals surface area contributed by atoms with Gasteiger partial charge in [0, 0.05) is 42.8 Å². The van der Waals surface area contributed by atoms with E-state index in [2.05, 4.69) is 4.98 Å². The van der Waals surface area contributed by atoms with Gasteiger partial charge in [0.1, 0.15) is 0 Å². The lowest BCUT2D eigenvalue weighted by Gasteiger charge is -2.35. The number of likely N-dealkylation sites (tertiary alicyclic amines) is 1. The molecule has 1 fully saturated rings. The highest BCUT2D eigenvalue weighted by Gasteiger charge is 2.27. The summed E-state index contributed by atoms with van der Waals surface area (Å²) < 4.78 is 0. The van der Waals surface area contributed by atoms with Gasteiger partial charge in [-0.05, 0) is 60.5 Å². The summed E-state index contributed by atoms with van der Waals surface area (Å²) in [5.41, 5.74) is 3.00. The molecule has 4 rings (SSSR count). The molecule has 2 N–H and O–H groups in total. The van der Waals surface area contributed by atoms with Crippen LogP contribution in [0.1, 0.15) is 28.8 Å². The van der Waals surface area contributed by atoms with E-state index in [1.54, 1.807) is 24.1 Å². The zero-order valence-electron chi connectivity index (χ0n) is 17.6. The predicted molar refractivity (Wildman–Crippen MR) is 119 cm³/mol. The summed E-state index contributed by atoms with van der Waals surface area (Å²) >= 11 is 0. The lowest BCUT2D eigenvalue weighted by molar-refractivity contribution is 0.0641. The Bertz CT molecular complexity index is 1190. The van der Waals surface area contributed by atoms with E-state index < -0.39 is 6.09 Å². The highest BCUT2D eigenvalue weighted by atomic mass is 16.4. The average Bonchev–Trinajstić information content (AvgIpc) is 2.79. The van der Waals surface area contributed by atoms with Crippen LogP contribution in [0.5, 0.6) is 0 Å². The van der Waals surface area contributed by atoms with Gasteiger partial charge in [-0.25, -0.2) is 4.79 Å². The molecule has 1 aromatic heterocycles. The molecule has 0 radical (unpaired) electrons. The molecule has 1 aliphatic rings. The SMILES string of the molecule is Cc1cccc2c(=O)[nH]c(-c3ccc(C(=O)N(C)C4CCN(C(=O)O)CC4)cc3)cc12. The zero-order chi connectivity index (χ0) is 22.1. The van der Waals surface area contributed by atoms with Crippen molar-refractivity contribution in [2.24, 2.45) is 0 Å². The molecule has 31 heavy (non-hydrogen) atoms. The van der Waals surface area contributed by atoms with Gasteiger partial charge in [0.25, 0.3) is 11.5 Å². The number of carbonyl (C=O) groups excluding carboxylic acids is 1. The van der Waals surface area contributed by atoms with Gasteiger partial charge in [-0.3, -0.25) is 9.59 Å². The maximum Gasteiger partial charge on any atom is 0.407 e. The monoisotopic (exact) mass is 419 g/mol. The number of aryl methyl sites for hydroxylation is 1. The first-order valence-corrected chi connectivity index (χ1v) is 10.3. The molecule has 1 aliphatic heterocycles. The minimum atomic E-state index is -0.912. The standard InChI is InChI=1S/C24H25N3O4/c1-15-4-3-5-19-20(15)14-21(25-22(19)28)16-6-8-17(9-7-16)23(29)26(2)18-10-12-27(13-11-18)24(30)31/h3-9,14,18H,10-13H2,1-2H3,(H,25,28)(H,30,31). The van der Waals surface area contributed by atoms with Crippen molar-refractivity contribution in [3.05, 3.63) is 70.0 Å². The quantitative estimate of drug-likeness (QED) is 0.677. The number of carbonyl (C=O) groups is 2. The van der Waals surface area contributed by atoms with Crippen LogP contribution in [0.4, 0.5) is 4.79 Å². The Labute approximate surface area is 179 Å². The number of aromatic amines is 1. The Morgan fingerprint density at radius 3 is 2.39 bits per heavy atom. The molecule has 7 nitrogen and oxygen atoms in total. The van der Waals surface area contributed by atoms with Crippen molar-refractivity contribution in [1.82, 2.24) is 14.8 Å². The van der Waals surface area contributed by atoms with Crippen LogP contribution < -0.4 is 5.56 Å². The second-order valence-electron chi connectivity index (χ2n) is 8.04. The molecule has 2 amide bonds. The van der Waals surface area contributed by atoms with Gasteiger partial charge < -0.3 is 19.9 Å². The molecule has 0 aliphatic carbocycles. The summed E-state index contributed by atoms with van der Waals surface area (Å²) in [6.07, 6.45) is 0.346. The van der Waals surface area contributed by atoms with Crippen molar-refractivity contribution in [1.29, 1.82) is 0 Å². The van der Waals surface area contributed by atoms with Crippen LogP contribution in [0.25, 0.3) is 22.0 Å². The maximum absolute atomic E-state index is 12.9. The van der Waals surface area contributed by atoms with E-state index in [1.807, 2.05) is 43.3 Å². The fourth-order valence-corrected chi connectivity index (χ4v) is 4.20. The Hall–Kier alpha value is -3.61. The Kier molecular flexibility index (Phi) is 5.50. The summed E-state index contributed by atoms with van der Waals surface area (Å²) in [6, 6.07) is 14.8. The molecule has 2 heterocycles. The molecule has 0 bridgehead atoms. The van der Waals surface area contributed by atoms with E-state index in [1.165, 1.54) is 4.90 Å². The van der Waals surface area contributed by atoms with E-state index in [4.69, 9.17) is 5.11 Å². The van der Waals surface area contributed by atoms with Gasteiger partial charge in [0.05, 0.1) is 0 Å². The van der Waals surface area contributed by atoms with Gasteiger partial charge >= 0.3 is 6.09 Å². The molecule has 0 unspecified atom stereocenters. The number of hydrogen-bond acceptors (Lipinski definition) is 3. The molecule has 160 valence electrons. The maximum atomic E-state index is 12.9.